The summed E-state index contributed by atoms with van der Waals surface area (Å²) in [4.78, 5) is 0. The van der Waals surface area contributed by atoms with Crippen molar-refractivity contribution in [1.82, 2.24) is 0 Å². The molecular weight excluding hydrogens is 805 g/mol. The van der Waals surface area contributed by atoms with Crippen molar-refractivity contribution in [2.45, 2.75) is 355 Å². The number of unbranched alkanes of at least 4 members (excludes halogenated alkanes) is 40. The van der Waals surface area contributed by atoms with E-state index in [4.69, 9.17) is 0 Å². The summed E-state index contributed by atoms with van der Waals surface area (Å²) in [5.74, 6) is 0. The van der Waals surface area contributed by atoms with Gasteiger partial charge in [0, 0.05) is 5.41 Å². The highest BCUT2D eigenvalue weighted by atomic mass is 14.3. The standard InChI is InChI=1S/C67H120/c1-7-11-15-19-23-27-31-35-39-43-48-54-61-60-62(55-49-44-40-36-32-28-24-20-16-12-8-2)66(67(5,6)63-56-50-47-51-57-63)65(59-53-46-42-38-34-30-26-22-18-14-10-4)64(61)58-52-45-41-37-33-29-25-21-17-13-9-3/h47,50-51,56-57,60H,7-46,48-49,52-55,58-59H2,1-6H3. The molecule has 388 valence electrons. The summed E-state index contributed by atoms with van der Waals surface area (Å²) in [5.41, 5.74) is 10.4. The monoisotopic (exact) mass is 925 g/mol. The van der Waals surface area contributed by atoms with Crippen molar-refractivity contribution in [3.8, 4) is 0 Å². The summed E-state index contributed by atoms with van der Waals surface area (Å²) in [6, 6.07) is 14.6. The molecule has 0 saturated heterocycles. The average Bonchev–Trinajstić information content (AvgIpc) is 3.34. The Balaban J connectivity index is 2.34. The molecule has 0 saturated carbocycles. The summed E-state index contributed by atoms with van der Waals surface area (Å²) in [7, 11) is 0. The molecule has 0 aliphatic heterocycles. The molecule has 0 unspecified atom stereocenters. The third-order valence-electron chi connectivity index (χ3n) is 16.0. The first-order valence-corrected chi connectivity index (χ1v) is 31.2. The van der Waals surface area contributed by atoms with Crippen LogP contribution in [0.2, 0.25) is 0 Å². The van der Waals surface area contributed by atoms with Gasteiger partial charge >= 0.3 is 0 Å². The zero-order valence-corrected chi connectivity index (χ0v) is 46.9. The maximum absolute atomic E-state index is 2.84. The first-order valence-electron chi connectivity index (χ1n) is 31.2. The molecule has 2 rings (SSSR count). The molecule has 67 heavy (non-hydrogen) atoms. The Morgan fingerprint density at radius 3 is 0.836 bits per heavy atom. The van der Waals surface area contributed by atoms with Gasteiger partial charge in [0.15, 0.2) is 0 Å². The maximum Gasteiger partial charge on any atom is 0.0152 e. The highest BCUT2D eigenvalue weighted by Crippen LogP contribution is 2.41. The van der Waals surface area contributed by atoms with Crippen LogP contribution in [0, 0.1) is 0 Å². The first kappa shape index (κ1) is 61.6. The quantitative estimate of drug-likeness (QED) is 0.0580. The fraction of sp³-hybridized carbons (Fsp3) is 0.821. The van der Waals surface area contributed by atoms with E-state index in [2.05, 4.69) is 77.9 Å². The minimum absolute atomic E-state index is 0.00241. The predicted molar refractivity (Wildman–Crippen MR) is 306 cm³/mol. The normalized spacial score (nSPS) is 11.9. The Bertz CT molecular complexity index is 1330. The second-order valence-corrected chi connectivity index (χ2v) is 22.7. The van der Waals surface area contributed by atoms with Gasteiger partial charge in [-0.15, -0.1) is 0 Å². The van der Waals surface area contributed by atoms with Gasteiger partial charge in [0.1, 0.15) is 0 Å². The van der Waals surface area contributed by atoms with Gasteiger partial charge < -0.3 is 0 Å². The molecule has 0 aromatic heterocycles. The van der Waals surface area contributed by atoms with Crippen LogP contribution in [-0.2, 0) is 31.1 Å². The van der Waals surface area contributed by atoms with E-state index in [0.29, 0.717) is 0 Å². The molecule has 0 spiro atoms. The summed E-state index contributed by atoms with van der Waals surface area (Å²) in [6.07, 6.45) is 67.8. The van der Waals surface area contributed by atoms with Crippen LogP contribution >= 0.6 is 0 Å². The van der Waals surface area contributed by atoms with Gasteiger partial charge in [-0.05, 0) is 84.7 Å². The van der Waals surface area contributed by atoms with Gasteiger partial charge in [0.25, 0.3) is 0 Å². The van der Waals surface area contributed by atoms with Gasteiger partial charge in [-0.3, -0.25) is 0 Å². The highest BCUT2D eigenvalue weighted by Gasteiger charge is 2.31. The Hall–Kier alpha value is -1.56. The molecule has 0 N–H and O–H groups in total. The number of aryl methyl sites for hydroxylation is 2. The molecule has 0 heteroatoms. The largest absolute Gasteiger partial charge is 0.0654 e. The minimum atomic E-state index is 0.00241. The predicted octanol–water partition coefficient (Wildman–Crippen LogP) is 23.4. The smallest absolute Gasteiger partial charge is 0.0152 e. The molecule has 2 aromatic carbocycles. The Kier molecular flexibility index (Phi) is 40.8. The Labute approximate surface area is 423 Å². The van der Waals surface area contributed by atoms with Crippen LogP contribution < -0.4 is 0 Å². The molecule has 2 aromatic rings. The van der Waals surface area contributed by atoms with Crippen molar-refractivity contribution in [2.75, 3.05) is 0 Å². The van der Waals surface area contributed by atoms with Crippen molar-refractivity contribution < 1.29 is 0 Å². The van der Waals surface area contributed by atoms with Crippen LogP contribution in [0.15, 0.2) is 36.4 Å². The first-order chi connectivity index (χ1) is 33.0. The number of hydrogen-bond donors (Lipinski definition) is 0. The van der Waals surface area contributed by atoms with Crippen molar-refractivity contribution in [3.05, 3.63) is 69.8 Å². The van der Waals surface area contributed by atoms with E-state index in [1.54, 1.807) is 16.7 Å². The highest BCUT2D eigenvalue weighted by molar-refractivity contribution is 5.54. The topological polar surface area (TPSA) is 0 Å². The van der Waals surface area contributed by atoms with E-state index in [9.17, 15) is 0 Å². The fourth-order valence-corrected chi connectivity index (χ4v) is 11.6. The van der Waals surface area contributed by atoms with E-state index in [1.165, 1.54) is 314 Å². The number of rotatable bonds is 50. The number of hydrogen-bond acceptors (Lipinski definition) is 0. The lowest BCUT2D eigenvalue weighted by Crippen LogP contribution is -2.25. The summed E-state index contributed by atoms with van der Waals surface area (Å²) < 4.78 is 0. The van der Waals surface area contributed by atoms with Crippen LogP contribution in [0.25, 0.3) is 0 Å². The SMILES string of the molecule is CCCCCCCCCCCCCc1cc(CCCCCCCCCCCCC)c(C(C)(C)c2ccccc2)c(CCCCCCCCCCCCC)c1CCCCCCCCCCCCC. The van der Waals surface area contributed by atoms with Gasteiger partial charge in [-0.2, -0.15) is 0 Å². The third kappa shape index (κ3) is 30.7. The summed E-state index contributed by atoms with van der Waals surface area (Å²) >= 11 is 0. The molecule has 0 heterocycles. The zero-order chi connectivity index (χ0) is 48.1. The maximum atomic E-state index is 2.84. The summed E-state index contributed by atoms with van der Waals surface area (Å²) in [6.45, 7) is 14.5. The van der Waals surface area contributed by atoms with E-state index < -0.39 is 0 Å². The van der Waals surface area contributed by atoms with Crippen molar-refractivity contribution in [1.29, 1.82) is 0 Å². The van der Waals surface area contributed by atoms with Gasteiger partial charge in [0.2, 0.25) is 0 Å². The minimum Gasteiger partial charge on any atom is -0.0654 e. The molecule has 0 bridgehead atoms. The zero-order valence-electron chi connectivity index (χ0n) is 46.9. The van der Waals surface area contributed by atoms with Crippen LogP contribution in [0.3, 0.4) is 0 Å². The Morgan fingerprint density at radius 2 is 0.522 bits per heavy atom. The lowest BCUT2D eigenvalue weighted by molar-refractivity contribution is 0.540. The van der Waals surface area contributed by atoms with Gasteiger partial charge in [-0.1, -0.05) is 335 Å². The van der Waals surface area contributed by atoms with Crippen molar-refractivity contribution >= 4 is 0 Å². The van der Waals surface area contributed by atoms with Crippen molar-refractivity contribution in [2.24, 2.45) is 0 Å². The molecule has 0 amide bonds. The average molecular weight is 926 g/mol. The molecule has 0 radical (unpaired) electrons. The molecular formula is C67H120. The lowest BCUT2D eigenvalue weighted by Gasteiger charge is -2.34. The molecule has 0 atom stereocenters. The van der Waals surface area contributed by atoms with Gasteiger partial charge in [0.05, 0.1) is 0 Å². The number of benzene rings is 2. The lowest BCUT2D eigenvalue weighted by atomic mass is 9.70. The second kappa shape index (κ2) is 44.4. The van der Waals surface area contributed by atoms with E-state index >= 15 is 0 Å². The van der Waals surface area contributed by atoms with E-state index in [-0.39, 0.29) is 5.41 Å². The van der Waals surface area contributed by atoms with Crippen LogP contribution in [-0.4, -0.2) is 0 Å². The van der Waals surface area contributed by atoms with Crippen molar-refractivity contribution in [3.63, 3.8) is 0 Å². The molecule has 0 aliphatic rings. The molecule has 0 nitrogen and oxygen atoms in total. The van der Waals surface area contributed by atoms with E-state index in [0.717, 1.165) is 0 Å². The second-order valence-electron chi connectivity index (χ2n) is 22.7. The summed E-state index contributed by atoms with van der Waals surface area (Å²) in [5, 5.41) is 0. The van der Waals surface area contributed by atoms with Crippen LogP contribution in [0.4, 0.5) is 0 Å². The van der Waals surface area contributed by atoms with Crippen LogP contribution in [0.1, 0.15) is 357 Å². The molecule has 0 aliphatic carbocycles. The Morgan fingerprint density at radius 1 is 0.269 bits per heavy atom. The third-order valence-corrected chi connectivity index (χ3v) is 16.0. The van der Waals surface area contributed by atoms with Crippen LogP contribution in [0.5, 0.6) is 0 Å². The van der Waals surface area contributed by atoms with E-state index in [1.807, 2.05) is 11.1 Å². The molecule has 0 fully saturated rings. The van der Waals surface area contributed by atoms with Gasteiger partial charge in [-0.25, -0.2) is 0 Å². The fourth-order valence-electron chi connectivity index (χ4n) is 11.6.